The molecule has 11 heteroatoms. The Morgan fingerprint density at radius 3 is 2.17 bits per heavy atom. The first-order valence-corrected chi connectivity index (χ1v) is 10.1. The summed E-state index contributed by atoms with van der Waals surface area (Å²) in [7, 11) is 1.52. The summed E-state index contributed by atoms with van der Waals surface area (Å²) in [6.07, 6.45) is -2.25. The lowest BCUT2D eigenvalue weighted by Crippen LogP contribution is -2.54. The summed E-state index contributed by atoms with van der Waals surface area (Å²) in [6.45, 7) is 2.18. The van der Waals surface area contributed by atoms with E-state index in [2.05, 4.69) is 0 Å². The summed E-state index contributed by atoms with van der Waals surface area (Å²) in [6, 6.07) is 6.01. The molecular formula is C19H22Cl3NO7. The number of ether oxygens (including phenoxy) is 4. The van der Waals surface area contributed by atoms with Crippen molar-refractivity contribution >= 4 is 52.8 Å². The van der Waals surface area contributed by atoms with Crippen LogP contribution in [0.2, 0.25) is 0 Å². The number of likely N-dealkylation sites (tertiary alicyclic amines) is 1. The lowest BCUT2D eigenvalue weighted by molar-refractivity contribution is -0.177. The number of halogens is 3. The molecule has 0 bridgehead atoms. The molecule has 2 rings (SSSR count). The van der Waals surface area contributed by atoms with Crippen LogP contribution in [0.25, 0.3) is 0 Å². The SMILES string of the molecule is COc1ccc([C@H]2[C@@H](OC(C)=O)[C@H](OC(C)=O)CCN2C(=O)OCC(Cl)(Cl)Cl)cc1. The fourth-order valence-electron chi connectivity index (χ4n) is 3.22. The van der Waals surface area contributed by atoms with E-state index in [1.807, 2.05) is 0 Å². The molecule has 30 heavy (non-hydrogen) atoms. The summed E-state index contributed by atoms with van der Waals surface area (Å²) in [5.41, 5.74) is 0.615. The van der Waals surface area contributed by atoms with Crippen LogP contribution in [-0.2, 0) is 23.8 Å². The maximum Gasteiger partial charge on any atom is 0.410 e. The largest absolute Gasteiger partial charge is 0.497 e. The number of methoxy groups -OCH3 is 1. The Labute approximate surface area is 189 Å². The van der Waals surface area contributed by atoms with Gasteiger partial charge in [0.2, 0.25) is 3.79 Å². The van der Waals surface area contributed by atoms with Crippen molar-refractivity contribution in [2.24, 2.45) is 0 Å². The van der Waals surface area contributed by atoms with Crippen LogP contribution in [0.3, 0.4) is 0 Å². The number of esters is 2. The van der Waals surface area contributed by atoms with E-state index in [9.17, 15) is 14.4 Å². The molecule has 1 aliphatic heterocycles. The van der Waals surface area contributed by atoms with E-state index in [1.54, 1.807) is 24.3 Å². The second-order valence-electron chi connectivity index (χ2n) is 6.59. The first-order chi connectivity index (χ1) is 14.0. The minimum Gasteiger partial charge on any atom is -0.497 e. The number of hydrogen-bond acceptors (Lipinski definition) is 7. The summed E-state index contributed by atoms with van der Waals surface area (Å²) >= 11 is 17.0. The molecule has 0 unspecified atom stereocenters. The van der Waals surface area contributed by atoms with E-state index in [-0.39, 0.29) is 13.0 Å². The van der Waals surface area contributed by atoms with Gasteiger partial charge in [0, 0.05) is 26.8 Å². The molecule has 0 N–H and O–H groups in total. The zero-order chi connectivity index (χ0) is 22.5. The molecule has 1 aromatic carbocycles. The molecule has 1 saturated heterocycles. The van der Waals surface area contributed by atoms with E-state index < -0.39 is 46.7 Å². The molecule has 166 valence electrons. The third-order valence-electron chi connectivity index (χ3n) is 4.34. The molecule has 3 atom stereocenters. The van der Waals surface area contributed by atoms with Gasteiger partial charge in [0.25, 0.3) is 0 Å². The zero-order valence-electron chi connectivity index (χ0n) is 16.6. The fourth-order valence-corrected chi connectivity index (χ4v) is 3.39. The number of amides is 1. The van der Waals surface area contributed by atoms with Gasteiger partial charge in [-0.05, 0) is 17.7 Å². The maximum atomic E-state index is 12.8. The van der Waals surface area contributed by atoms with Gasteiger partial charge in [-0.3, -0.25) is 14.5 Å². The summed E-state index contributed by atoms with van der Waals surface area (Å²) in [5.74, 6) is -0.523. The molecule has 1 aliphatic rings. The molecule has 1 aromatic rings. The molecule has 0 aliphatic carbocycles. The third kappa shape index (κ3) is 6.82. The van der Waals surface area contributed by atoms with Crippen molar-refractivity contribution in [3.05, 3.63) is 29.8 Å². The van der Waals surface area contributed by atoms with Crippen molar-refractivity contribution in [2.75, 3.05) is 20.3 Å². The molecule has 0 spiro atoms. The Morgan fingerprint density at radius 2 is 1.67 bits per heavy atom. The first-order valence-electron chi connectivity index (χ1n) is 9.00. The zero-order valence-corrected chi connectivity index (χ0v) is 18.9. The number of alkyl halides is 3. The monoisotopic (exact) mass is 481 g/mol. The smallest absolute Gasteiger partial charge is 0.410 e. The Balaban J connectivity index is 2.42. The van der Waals surface area contributed by atoms with Gasteiger partial charge in [0.1, 0.15) is 24.5 Å². The number of benzene rings is 1. The lowest BCUT2D eigenvalue weighted by atomic mass is 9.90. The number of nitrogens with zero attached hydrogens (tertiary/aromatic N) is 1. The summed E-state index contributed by atoms with van der Waals surface area (Å²) < 4.78 is 19.4. The lowest BCUT2D eigenvalue weighted by Gasteiger charge is -2.43. The Bertz CT molecular complexity index is 766. The highest BCUT2D eigenvalue weighted by molar-refractivity contribution is 6.67. The fraction of sp³-hybridized carbons (Fsp3) is 0.526. The van der Waals surface area contributed by atoms with Crippen molar-refractivity contribution < 1.29 is 33.3 Å². The van der Waals surface area contributed by atoms with Crippen molar-refractivity contribution in [2.45, 2.75) is 42.3 Å². The van der Waals surface area contributed by atoms with E-state index in [4.69, 9.17) is 53.8 Å². The minimum absolute atomic E-state index is 0.158. The Hall–Kier alpha value is -1.90. The second-order valence-corrected chi connectivity index (χ2v) is 9.11. The van der Waals surface area contributed by atoms with Crippen molar-refractivity contribution in [3.8, 4) is 5.75 Å². The van der Waals surface area contributed by atoms with E-state index in [0.717, 1.165) is 0 Å². The number of carbonyl (C=O) groups is 3. The van der Waals surface area contributed by atoms with Gasteiger partial charge in [-0.15, -0.1) is 0 Å². The second kappa shape index (κ2) is 10.4. The Kier molecular flexibility index (Phi) is 8.46. The number of rotatable bonds is 5. The quantitative estimate of drug-likeness (QED) is 0.358. The first kappa shape index (κ1) is 24.4. The molecular weight excluding hydrogens is 461 g/mol. The van der Waals surface area contributed by atoms with Crippen molar-refractivity contribution in [3.63, 3.8) is 0 Å². The molecule has 1 heterocycles. The van der Waals surface area contributed by atoms with Crippen LogP contribution >= 0.6 is 34.8 Å². The average Bonchev–Trinajstić information content (AvgIpc) is 2.66. The highest BCUT2D eigenvalue weighted by atomic mass is 35.6. The molecule has 1 amide bonds. The van der Waals surface area contributed by atoms with Crippen molar-refractivity contribution in [1.82, 2.24) is 4.90 Å². The molecule has 1 fully saturated rings. The highest BCUT2D eigenvalue weighted by Crippen LogP contribution is 2.37. The van der Waals surface area contributed by atoms with Crippen LogP contribution in [0, 0.1) is 0 Å². The number of hydrogen-bond donors (Lipinski definition) is 0. The van der Waals surface area contributed by atoms with Crippen LogP contribution < -0.4 is 4.74 Å². The highest BCUT2D eigenvalue weighted by Gasteiger charge is 2.45. The summed E-state index contributed by atoms with van der Waals surface area (Å²) in [5, 5.41) is 0. The molecule has 0 radical (unpaired) electrons. The van der Waals surface area contributed by atoms with Crippen LogP contribution in [0.4, 0.5) is 4.79 Å². The van der Waals surface area contributed by atoms with Gasteiger partial charge in [-0.2, -0.15) is 0 Å². The van der Waals surface area contributed by atoms with Crippen LogP contribution in [-0.4, -0.2) is 59.2 Å². The summed E-state index contributed by atoms with van der Waals surface area (Å²) in [4.78, 5) is 37.5. The normalized spacial score (nSPS) is 21.5. The van der Waals surface area contributed by atoms with E-state index >= 15 is 0 Å². The predicted octanol–water partition coefficient (Wildman–Crippen LogP) is 3.81. The number of piperidine rings is 1. The van der Waals surface area contributed by atoms with Gasteiger partial charge in [-0.1, -0.05) is 46.9 Å². The van der Waals surface area contributed by atoms with Crippen LogP contribution in [0.5, 0.6) is 5.75 Å². The van der Waals surface area contributed by atoms with E-state index in [1.165, 1.54) is 25.9 Å². The maximum absolute atomic E-state index is 12.8. The molecule has 8 nitrogen and oxygen atoms in total. The van der Waals surface area contributed by atoms with E-state index in [0.29, 0.717) is 11.3 Å². The standard InChI is InChI=1S/C19H22Cl3NO7/c1-11(24)29-15-8-9-23(18(26)28-10-19(20,21)22)16(17(15)30-12(2)25)13-4-6-14(27-3)7-5-13/h4-7,15-17H,8-10H2,1-3H3/t15-,16+,17+/m1/s1. The molecule has 0 aromatic heterocycles. The van der Waals surface area contributed by atoms with Gasteiger partial charge in [0.05, 0.1) is 7.11 Å². The van der Waals surface area contributed by atoms with Gasteiger partial charge in [-0.25, -0.2) is 4.79 Å². The van der Waals surface area contributed by atoms with Crippen LogP contribution in [0.1, 0.15) is 31.9 Å². The van der Waals surface area contributed by atoms with Crippen molar-refractivity contribution in [1.29, 1.82) is 0 Å². The minimum atomic E-state index is -1.78. The Morgan fingerprint density at radius 1 is 1.07 bits per heavy atom. The third-order valence-corrected chi connectivity index (χ3v) is 4.67. The van der Waals surface area contributed by atoms with Gasteiger partial charge >= 0.3 is 18.0 Å². The predicted molar refractivity (Wildman–Crippen MR) is 110 cm³/mol. The average molecular weight is 483 g/mol. The topological polar surface area (TPSA) is 91.4 Å². The van der Waals surface area contributed by atoms with Gasteiger partial charge in [0.15, 0.2) is 6.10 Å². The van der Waals surface area contributed by atoms with Crippen LogP contribution in [0.15, 0.2) is 24.3 Å². The number of carbonyl (C=O) groups excluding carboxylic acids is 3. The van der Waals surface area contributed by atoms with Gasteiger partial charge < -0.3 is 18.9 Å². The molecule has 0 saturated carbocycles.